The monoisotopic (exact) mass is 354 g/mol. The van der Waals surface area contributed by atoms with E-state index in [9.17, 15) is 4.79 Å². The van der Waals surface area contributed by atoms with Crippen molar-refractivity contribution in [1.29, 1.82) is 0 Å². The van der Waals surface area contributed by atoms with Gasteiger partial charge in [-0.05, 0) is 43.2 Å². The third-order valence-corrected chi connectivity index (χ3v) is 4.56. The third kappa shape index (κ3) is 4.06. The van der Waals surface area contributed by atoms with Crippen LogP contribution in [-0.2, 0) is 13.1 Å². The van der Waals surface area contributed by atoms with E-state index in [0.29, 0.717) is 23.7 Å². The lowest BCUT2D eigenvalue weighted by Gasteiger charge is -2.07. The van der Waals surface area contributed by atoms with Crippen molar-refractivity contribution in [1.82, 2.24) is 20.1 Å². The van der Waals surface area contributed by atoms with Crippen LogP contribution in [0.15, 0.2) is 48.8 Å². The van der Waals surface area contributed by atoms with Gasteiger partial charge in [-0.25, -0.2) is 0 Å². The maximum Gasteiger partial charge on any atom is 0.251 e. The third-order valence-electron chi connectivity index (χ3n) is 4.02. The Morgan fingerprint density at radius 3 is 2.52 bits per heavy atom. The van der Waals surface area contributed by atoms with E-state index in [1.54, 1.807) is 12.4 Å². The number of carbonyl (C=O) groups is 1. The second-order valence-corrected chi connectivity index (χ2v) is 6.26. The Labute approximate surface area is 151 Å². The second kappa shape index (κ2) is 7.49. The molecular weight excluding hydrogens is 336 g/mol. The fourth-order valence-corrected chi connectivity index (χ4v) is 2.69. The zero-order valence-electron chi connectivity index (χ0n) is 14.2. The largest absolute Gasteiger partial charge is 0.348 e. The quantitative estimate of drug-likeness (QED) is 0.762. The van der Waals surface area contributed by atoms with Crippen molar-refractivity contribution in [2.75, 3.05) is 0 Å². The molecule has 0 bridgehead atoms. The zero-order valence-corrected chi connectivity index (χ0v) is 14.9. The van der Waals surface area contributed by atoms with E-state index in [2.05, 4.69) is 15.4 Å². The Morgan fingerprint density at radius 2 is 1.92 bits per heavy atom. The number of pyridine rings is 1. The summed E-state index contributed by atoms with van der Waals surface area (Å²) in [5.74, 6) is -0.107. The number of aromatic nitrogens is 3. The molecule has 1 N–H and O–H groups in total. The van der Waals surface area contributed by atoms with Crippen LogP contribution in [0.5, 0.6) is 0 Å². The van der Waals surface area contributed by atoms with Crippen molar-refractivity contribution in [3.05, 3.63) is 81.9 Å². The SMILES string of the molecule is Cc1nn(Cc2ccc(C(=O)NCc3cccnc3)cc2)c(C)c1Cl. The predicted octanol–water partition coefficient (Wildman–Crippen LogP) is 3.53. The summed E-state index contributed by atoms with van der Waals surface area (Å²) >= 11 is 6.18. The summed E-state index contributed by atoms with van der Waals surface area (Å²) in [6, 6.07) is 11.3. The number of amides is 1. The molecule has 0 aliphatic heterocycles. The van der Waals surface area contributed by atoms with Gasteiger partial charge in [0.15, 0.2) is 0 Å². The number of nitrogens with zero attached hydrogens (tertiary/aromatic N) is 3. The van der Waals surface area contributed by atoms with Crippen molar-refractivity contribution in [2.45, 2.75) is 26.9 Å². The highest BCUT2D eigenvalue weighted by Gasteiger charge is 2.10. The van der Waals surface area contributed by atoms with Crippen LogP contribution in [0.1, 0.15) is 32.9 Å². The molecule has 1 aromatic carbocycles. The normalized spacial score (nSPS) is 10.7. The number of aryl methyl sites for hydroxylation is 1. The van der Waals surface area contributed by atoms with Crippen LogP contribution in [0.3, 0.4) is 0 Å². The molecular formula is C19H19ClN4O. The molecule has 0 spiro atoms. The Bertz CT molecular complexity index is 872. The maximum absolute atomic E-state index is 12.2. The molecule has 0 fully saturated rings. The van der Waals surface area contributed by atoms with Gasteiger partial charge in [-0.1, -0.05) is 29.8 Å². The lowest BCUT2D eigenvalue weighted by molar-refractivity contribution is 0.0951. The molecule has 2 heterocycles. The van der Waals surface area contributed by atoms with Crippen molar-refractivity contribution >= 4 is 17.5 Å². The van der Waals surface area contributed by atoms with Crippen molar-refractivity contribution < 1.29 is 4.79 Å². The molecule has 25 heavy (non-hydrogen) atoms. The van der Waals surface area contributed by atoms with Gasteiger partial charge in [0.2, 0.25) is 0 Å². The molecule has 3 rings (SSSR count). The van der Waals surface area contributed by atoms with Crippen LogP contribution in [0.25, 0.3) is 0 Å². The molecule has 3 aromatic rings. The minimum absolute atomic E-state index is 0.107. The van der Waals surface area contributed by atoms with E-state index in [1.807, 2.05) is 54.9 Å². The van der Waals surface area contributed by atoms with Gasteiger partial charge < -0.3 is 5.32 Å². The maximum atomic E-state index is 12.2. The average molecular weight is 355 g/mol. The number of carbonyl (C=O) groups excluding carboxylic acids is 1. The van der Waals surface area contributed by atoms with Gasteiger partial charge in [0.1, 0.15) is 0 Å². The minimum Gasteiger partial charge on any atom is -0.348 e. The molecule has 5 nitrogen and oxygen atoms in total. The van der Waals surface area contributed by atoms with Gasteiger partial charge >= 0.3 is 0 Å². The highest BCUT2D eigenvalue weighted by Crippen LogP contribution is 2.20. The Hall–Kier alpha value is -2.66. The molecule has 0 radical (unpaired) electrons. The standard InChI is InChI=1S/C19H19ClN4O/c1-13-18(20)14(2)24(23-13)12-15-5-7-17(8-6-15)19(25)22-11-16-4-3-9-21-10-16/h3-10H,11-12H2,1-2H3,(H,22,25). The number of benzene rings is 1. The molecule has 128 valence electrons. The van der Waals surface area contributed by atoms with Crippen LogP contribution >= 0.6 is 11.6 Å². The van der Waals surface area contributed by atoms with Crippen LogP contribution < -0.4 is 5.32 Å². The van der Waals surface area contributed by atoms with Crippen molar-refractivity contribution in [3.8, 4) is 0 Å². The van der Waals surface area contributed by atoms with E-state index in [1.165, 1.54) is 0 Å². The molecule has 0 aliphatic carbocycles. The van der Waals surface area contributed by atoms with Crippen LogP contribution in [-0.4, -0.2) is 20.7 Å². The summed E-state index contributed by atoms with van der Waals surface area (Å²) in [6.07, 6.45) is 3.45. The first kappa shape index (κ1) is 17.2. The summed E-state index contributed by atoms with van der Waals surface area (Å²) in [5, 5.41) is 8.02. The summed E-state index contributed by atoms with van der Waals surface area (Å²) in [6.45, 7) is 4.92. The Morgan fingerprint density at radius 1 is 1.16 bits per heavy atom. The topological polar surface area (TPSA) is 59.8 Å². The molecule has 6 heteroatoms. The number of halogens is 1. The summed E-state index contributed by atoms with van der Waals surface area (Å²) in [5.41, 5.74) is 4.42. The fourth-order valence-electron chi connectivity index (χ4n) is 2.55. The second-order valence-electron chi connectivity index (χ2n) is 5.88. The number of hydrogen-bond donors (Lipinski definition) is 1. The number of nitrogens with one attached hydrogen (secondary N) is 1. The smallest absolute Gasteiger partial charge is 0.251 e. The lowest BCUT2D eigenvalue weighted by atomic mass is 10.1. The molecule has 0 saturated heterocycles. The Kier molecular flexibility index (Phi) is 5.14. The lowest BCUT2D eigenvalue weighted by Crippen LogP contribution is -2.22. The molecule has 2 aromatic heterocycles. The van der Waals surface area contributed by atoms with Gasteiger partial charge in [-0.3, -0.25) is 14.5 Å². The first-order chi connectivity index (χ1) is 12.0. The van der Waals surface area contributed by atoms with Crippen molar-refractivity contribution in [2.24, 2.45) is 0 Å². The van der Waals surface area contributed by atoms with Crippen molar-refractivity contribution in [3.63, 3.8) is 0 Å². The zero-order chi connectivity index (χ0) is 17.8. The molecule has 0 unspecified atom stereocenters. The van der Waals surface area contributed by atoms with Gasteiger partial charge in [-0.15, -0.1) is 0 Å². The molecule has 0 saturated carbocycles. The molecule has 0 atom stereocenters. The summed E-state index contributed by atoms with van der Waals surface area (Å²) in [7, 11) is 0. The van der Waals surface area contributed by atoms with E-state index in [4.69, 9.17) is 11.6 Å². The van der Waals surface area contributed by atoms with Gasteiger partial charge in [0, 0.05) is 24.5 Å². The van der Waals surface area contributed by atoms with Crippen LogP contribution in [0.2, 0.25) is 5.02 Å². The van der Waals surface area contributed by atoms with E-state index in [-0.39, 0.29) is 5.91 Å². The van der Waals surface area contributed by atoms with Crippen LogP contribution in [0, 0.1) is 13.8 Å². The number of hydrogen-bond acceptors (Lipinski definition) is 3. The highest BCUT2D eigenvalue weighted by atomic mass is 35.5. The fraction of sp³-hybridized carbons (Fsp3) is 0.211. The van der Waals surface area contributed by atoms with E-state index < -0.39 is 0 Å². The average Bonchev–Trinajstić information content (AvgIpc) is 2.88. The molecule has 1 amide bonds. The highest BCUT2D eigenvalue weighted by molar-refractivity contribution is 6.31. The van der Waals surface area contributed by atoms with E-state index in [0.717, 1.165) is 22.5 Å². The first-order valence-electron chi connectivity index (χ1n) is 8.00. The van der Waals surface area contributed by atoms with Crippen LogP contribution in [0.4, 0.5) is 0 Å². The molecule has 0 aliphatic rings. The summed E-state index contributed by atoms with van der Waals surface area (Å²) in [4.78, 5) is 16.3. The van der Waals surface area contributed by atoms with Gasteiger partial charge in [0.25, 0.3) is 5.91 Å². The Balaban J connectivity index is 1.63. The van der Waals surface area contributed by atoms with Gasteiger partial charge in [-0.2, -0.15) is 5.10 Å². The minimum atomic E-state index is -0.107. The van der Waals surface area contributed by atoms with Gasteiger partial charge in [0.05, 0.1) is 23.0 Å². The first-order valence-corrected chi connectivity index (χ1v) is 8.38. The summed E-state index contributed by atoms with van der Waals surface area (Å²) < 4.78 is 1.87. The number of rotatable bonds is 5. The predicted molar refractivity (Wildman–Crippen MR) is 97.7 cm³/mol. The van der Waals surface area contributed by atoms with E-state index >= 15 is 0 Å².